The predicted molar refractivity (Wildman–Crippen MR) is 62.9 cm³/mol. The average Bonchev–Trinajstić information content (AvgIpc) is 2.50. The lowest BCUT2D eigenvalue weighted by Crippen LogP contribution is -2.53. The normalized spacial score (nSPS) is 22.7. The van der Waals surface area contributed by atoms with Gasteiger partial charge in [-0.25, -0.2) is 13.6 Å². The zero-order valence-corrected chi connectivity index (χ0v) is 11.7. The van der Waals surface area contributed by atoms with Gasteiger partial charge in [0.05, 0.1) is 6.61 Å². The van der Waals surface area contributed by atoms with Crippen molar-refractivity contribution in [2.45, 2.75) is 58.4 Å². The van der Waals surface area contributed by atoms with E-state index in [0.29, 0.717) is 0 Å². The van der Waals surface area contributed by atoms with Crippen LogP contribution in [-0.4, -0.2) is 47.2 Å². The molecule has 1 rings (SSSR count). The number of carbonyl (C=O) groups excluding carboxylic acids is 2. The fourth-order valence-electron chi connectivity index (χ4n) is 1.82. The van der Waals surface area contributed by atoms with Gasteiger partial charge in [-0.2, -0.15) is 0 Å². The molecule has 0 bridgehead atoms. The molecule has 1 amide bonds. The number of Topliss-reactive ketones (excluding diaryl/α,β-unsaturated/α-hetero) is 1. The van der Waals surface area contributed by atoms with Gasteiger partial charge in [-0.3, -0.25) is 9.69 Å². The second-order valence-electron chi connectivity index (χ2n) is 5.83. The van der Waals surface area contributed by atoms with Crippen molar-refractivity contribution in [1.29, 1.82) is 0 Å². The van der Waals surface area contributed by atoms with E-state index in [9.17, 15) is 18.4 Å². The highest BCUT2D eigenvalue weighted by Crippen LogP contribution is 2.30. The summed E-state index contributed by atoms with van der Waals surface area (Å²) < 4.78 is 35.4. The zero-order chi connectivity index (χ0) is 15.0. The number of hydrogen-bond donors (Lipinski definition) is 0. The van der Waals surface area contributed by atoms with Crippen LogP contribution in [0.2, 0.25) is 0 Å². The first-order valence-electron chi connectivity index (χ1n) is 5.94. The summed E-state index contributed by atoms with van der Waals surface area (Å²) in [5.41, 5.74) is -1.94. The molecule has 1 saturated heterocycles. The molecule has 0 saturated carbocycles. The molecule has 0 radical (unpaired) electrons. The van der Waals surface area contributed by atoms with Crippen LogP contribution in [-0.2, 0) is 14.3 Å². The lowest BCUT2D eigenvalue weighted by Gasteiger charge is -2.34. The Labute approximate surface area is 110 Å². The molecular formula is C12H19F2NO4. The molecule has 0 aromatic carbocycles. The fraction of sp³-hybridized carbons (Fsp3) is 0.833. The zero-order valence-electron chi connectivity index (χ0n) is 11.7. The third-order valence-corrected chi connectivity index (χ3v) is 2.62. The van der Waals surface area contributed by atoms with Gasteiger partial charge >= 0.3 is 6.09 Å². The van der Waals surface area contributed by atoms with Gasteiger partial charge in [-0.05, 0) is 34.6 Å². The number of ketones is 1. The lowest BCUT2D eigenvalue weighted by atomic mass is 10.1. The van der Waals surface area contributed by atoms with Gasteiger partial charge in [-0.15, -0.1) is 0 Å². The third kappa shape index (κ3) is 3.62. The number of halogens is 2. The third-order valence-electron chi connectivity index (χ3n) is 2.62. The summed E-state index contributed by atoms with van der Waals surface area (Å²) in [7, 11) is 0. The summed E-state index contributed by atoms with van der Waals surface area (Å²) in [6, 6.07) is -1.31. The molecule has 1 fully saturated rings. The van der Waals surface area contributed by atoms with Gasteiger partial charge in [0.15, 0.2) is 0 Å². The van der Waals surface area contributed by atoms with Crippen molar-refractivity contribution in [2.75, 3.05) is 6.61 Å². The van der Waals surface area contributed by atoms with E-state index in [1.165, 1.54) is 13.8 Å². The SMILES string of the molecule is CC(C)(C)OC(=O)N1[C@@H](C(=O)C(F)F)COC1(C)C. The van der Waals surface area contributed by atoms with Crippen LogP contribution in [0.1, 0.15) is 34.6 Å². The number of ether oxygens (including phenoxy) is 2. The van der Waals surface area contributed by atoms with Crippen LogP contribution in [0, 0.1) is 0 Å². The molecule has 1 atom stereocenters. The van der Waals surface area contributed by atoms with Gasteiger partial charge in [0, 0.05) is 0 Å². The van der Waals surface area contributed by atoms with Gasteiger partial charge < -0.3 is 9.47 Å². The van der Waals surface area contributed by atoms with E-state index >= 15 is 0 Å². The van der Waals surface area contributed by atoms with Crippen molar-refractivity contribution in [2.24, 2.45) is 0 Å². The molecule has 0 aromatic heterocycles. The number of hydrogen-bond acceptors (Lipinski definition) is 4. The Morgan fingerprint density at radius 3 is 2.32 bits per heavy atom. The molecule has 0 unspecified atom stereocenters. The Morgan fingerprint density at radius 1 is 1.37 bits per heavy atom. The summed E-state index contributed by atoms with van der Waals surface area (Å²) in [6.45, 7) is 7.75. The van der Waals surface area contributed by atoms with Crippen LogP contribution in [0.3, 0.4) is 0 Å². The van der Waals surface area contributed by atoms with E-state index < -0.39 is 35.7 Å². The van der Waals surface area contributed by atoms with Crippen LogP contribution in [0.4, 0.5) is 13.6 Å². The van der Waals surface area contributed by atoms with Gasteiger partial charge in [0.25, 0.3) is 6.43 Å². The van der Waals surface area contributed by atoms with Crippen molar-refractivity contribution in [3.63, 3.8) is 0 Å². The maximum absolute atomic E-state index is 12.5. The van der Waals surface area contributed by atoms with Gasteiger partial charge in [0.2, 0.25) is 5.78 Å². The Morgan fingerprint density at radius 2 is 1.89 bits per heavy atom. The van der Waals surface area contributed by atoms with Crippen LogP contribution in [0.5, 0.6) is 0 Å². The van der Waals surface area contributed by atoms with E-state index in [4.69, 9.17) is 9.47 Å². The summed E-state index contributed by atoms with van der Waals surface area (Å²) >= 11 is 0. The largest absolute Gasteiger partial charge is 0.444 e. The van der Waals surface area contributed by atoms with Crippen molar-refractivity contribution < 1.29 is 27.8 Å². The molecule has 7 heteroatoms. The molecular weight excluding hydrogens is 260 g/mol. The Balaban J connectivity index is 2.96. The minimum atomic E-state index is -3.15. The van der Waals surface area contributed by atoms with E-state index in [1.54, 1.807) is 20.8 Å². The molecule has 1 heterocycles. The minimum absolute atomic E-state index is 0.255. The Kier molecular flexibility index (Phi) is 4.19. The van der Waals surface area contributed by atoms with Crippen molar-refractivity contribution in [3.8, 4) is 0 Å². The minimum Gasteiger partial charge on any atom is -0.444 e. The summed E-state index contributed by atoms with van der Waals surface area (Å²) in [5, 5.41) is 0. The highest BCUT2D eigenvalue weighted by molar-refractivity contribution is 5.90. The molecule has 0 aliphatic carbocycles. The average molecular weight is 279 g/mol. The van der Waals surface area contributed by atoms with Crippen LogP contribution >= 0.6 is 0 Å². The maximum atomic E-state index is 12.5. The number of alkyl halides is 2. The topological polar surface area (TPSA) is 55.8 Å². The monoisotopic (exact) mass is 279 g/mol. The Hall–Kier alpha value is -1.24. The first-order chi connectivity index (χ1) is 8.46. The highest BCUT2D eigenvalue weighted by atomic mass is 19.3. The van der Waals surface area contributed by atoms with Gasteiger partial charge in [0.1, 0.15) is 17.4 Å². The molecule has 0 spiro atoms. The second-order valence-corrected chi connectivity index (χ2v) is 5.83. The van der Waals surface area contributed by atoms with Crippen LogP contribution < -0.4 is 0 Å². The molecule has 5 nitrogen and oxygen atoms in total. The van der Waals surface area contributed by atoms with Crippen LogP contribution in [0.15, 0.2) is 0 Å². The predicted octanol–water partition coefficient (Wildman–Crippen LogP) is 2.19. The van der Waals surface area contributed by atoms with Crippen LogP contribution in [0.25, 0.3) is 0 Å². The smallest absolute Gasteiger partial charge is 0.413 e. The molecule has 1 aliphatic rings. The van der Waals surface area contributed by atoms with E-state index in [-0.39, 0.29) is 6.61 Å². The summed E-state index contributed by atoms with van der Waals surface area (Å²) in [6.07, 6.45) is -3.98. The Bertz CT molecular complexity index is 376. The van der Waals surface area contributed by atoms with E-state index in [0.717, 1.165) is 4.90 Å². The van der Waals surface area contributed by atoms with E-state index in [1.807, 2.05) is 0 Å². The number of carbonyl (C=O) groups is 2. The number of rotatable bonds is 2. The van der Waals surface area contributed by atoms with E-state index in [2.05, 4.69) is 0 Å². The first kappa shape index (κ1) is 15.8. The maximum Gasteiger partial charge on any atom is 0.413 e. The molecule has 19 heavy (non-hydrogen) atoms. The number of nitrogens with zero attached hydrogens (tertiary/aromatic N) is 1. The van der Waals surface area contributed by atoms with Crippen molar-refractivity contribution in [3.05, 3.63) is 0 Å². The molecule has 110 valence electrons. The molecule has 0 aromatic rings. The summed E-state index contributed by atoms with van der Waals surface area (Å²) in [4.78, 5) is 24.4. The first-order valence-corrected chi connectivity index (χ1v) is 5.94. The standard InChI is InChI=1S/C12H19F2NO4/c1-11(2,3)19-10(17)15-7(8(16)9(13)14)6-18-12(15,4)5/h7,9H,6H2,1-5H3/t7-/m1/s1. The highest BCUT2D eigenvalue weighted by Gasteiger charge is 2.50. The quantitative estimate of drug-likeness (QED) is 0.777. The molecule has 0 N–H and O–H groups in total. The van der Waals surface area contributed by atoms with Crippen molar-refractivity contribution in [1.82, 2.24) is 4.90 Å². The lowest BCUT2D eigenvalue weighted by molar-refractivity contribution is -0.135. The molecule has 1 aliphatic heterocycles. The van der Waals surface area contributed by atoms with Crippen molar-refractivity contribution >= 4 is 11.9 Å². The number of amides is 1. The second kappa shape index (κ2) is 5.03. The summed E-state index contributed by atoms with van der Waals surface area (Å²) in [5.74, 6) is -1.34. The van der Waals surface area contributed by atoms with Gasteiger partial charge in [-0.1, -0.05) is 0 Å². The fourth-order valence-corrected chi connectivity index (χ4v) is 1.82.